The van der Waals surface area contributed by atoms with E-state index in [0.717, 1.165) is 6.42 Å². The Balaban J connectivity index is 2.79. The maximum atomic E-state index is 12.2. The van der Waals surface area contributed by atoms with Gasteiger partial charge in [0.2, 0.25) is 5.91 Å². The molecule has 1 aromatic carbocycles. The highest BCUT2D eigenvalue weighted by atomic mass is 16.2. The highest BCUT2D eigenvalue weighted by Gasteiger charge is 2.24. The molecule has 0 bridgehead atoms. The van der Waals surface area contributed by atoms with E-state index in [-0.39, 0.29) is 18.0 Å². The van der Waals surface area contributed by atoms with Crippen LogP contribution < -0.4 is 5.73 Å². The van der Waals surface area contributed by atoms with Gasteiger partial charge in [-0.15, -0.1) is 0 Å². The molecule has 2 atom stereocenters. The average Bonchev–Trinajstić information content (AvgIpc) is 2.36. The van der Waals surface area contributed by atoms with Crippen molar-refractivity contribution in [1.82, 2.24) is 4.90 Å². The molecule has 1 rings (SSSR count). The Morgan fingerprint density at radius 1 is 1.21 bits per heavy atom. The van der Waals surface area contributed by atoms with Crippen LogP contribution in [0.25, 0.3) is 0 Å². The number of nitrogens with two attached hydrogens (primary N) is 1. The van der Waals surface area contributed by atoms with Crippen molar-refractivity contribution >= 4 is 5.91 Å². The summed E-state index contributed by atoms with van der Waals surface area (Å²) in [6.45, 7) is 6.23. The number of amides is 1. The molecule has 3 heteroatoms. The molecule has 1 aromatic rings. The Kier molecular flexibility index (Phi) is 6.03. The van der Waals surface area contributed by atoms with Crippen molar-refractivity contribution in [2.75, 3.05) is 7.05 Å². The lowest BCUT2D eigenvalue weighted by Gasteiger charge is -2.32. The second-order valence-corrected chi connectivity index (χ2v) is 5.62. The lowest BCUT2D eigenvalue weighted by molar-refractivity contribution is -0.133. The number of hydrogen-bond acceptors (Lipinski definition) is 2. The minimum absolute atomic E-state index is 0.0755. The van der Waals surface area contributed by atoms with E-state index in [1.807, 2.05) is 37.1 Å². The molecule has 0 saturated carbocycles. The monoisotopic (exact) mass is 262 g/mol. The maximum absolute atomic E-state index is 12.2. The number of hydrogen-bond donors (Lipinski definition) is 1. The predicted octanol–water partition coefficient (Wildman–Crippen LogP) is 2.97. The summed E-state index contributed by atoms with van der Waals surface area (Å²) >= 11 is 0. The Hall–Kier alpha value is -1.35. The predicted molar refractivity (Wildman–Crippen MR) is 79.7 cm³/mol. The third-order valence-corrected chi connectivity index (χ3v) is 3.40. The van der Waals surface area contributed by atoms with E-state index < -0.39 is 0 Å². The molecule has 0 heterocycles. The zero-order chi connectivity index (χ0) is 14.4. The summed E-state index contributed by atoms with van der Waals surface area (Å²) in [5.74, 6) is 0.548. The van der Waals surface area contributed by atoms with Gasteiger partial charge in [-0.25, -0.2) is 0 Å². The van der Waals surface area contributed by atoms with Gasteiger partial charge in [-0.1, -0.05) is 44.2 Å². The summed E-state index contributed by atoms with van der Waals surface area (Å²) in [5, 5.41) is 0. The molecule has 19 heavy (non-hydrogen) atoms. The first-order valence-electron chi connectivity index (χ1n) is 6.99. The van der Waals surface area contributed by atoms with E-state index in [1.54, 1.807) is 0 Å². The van der Waals surface area contributed by atoms with Crippen LogP contribution in [-0.2, 0) is 4.79 Å². The molecule has 2 unspecified atom stereocenters. The summed E-state index contributed by atoms with van der Waals surface area (Å²) in [7, 11) is 1.89. The van der Waals surface area contributed by atoms with Crippen molar-refractivity contribution in [3.63, 3.8) is 0 Å². The van der Waals surface area contributed by atoms with E-state index in [4.69, 9.17) is 5.73 Å². The van der Waals surface area contributed by atoms with Crippen LogP contribution in [0.1, 0.15) is 45.2 Å². The summed E-state index contributed by atoms with van der Waals surface area (Å²) in [5.41, 5.74) is 6.91. The Bertz CT molecular complexity index is 387. The van der Waals surface area contributed by atoms with Gasteiger partial charge in [-0.05, 0) is 24.8 Å². The Labute approximate surface area is 116 Å². The molecule has 0 fully saturated rings. The third-order valence-electron chi connectivity index (χ3n) is 3.40. The van der Waals surface area contributed by atoms with E-state index in [1.165, 1.54) is 5.56 Å². The first-order chi connectivity index (χ1) is 8.93. The molecule has 0 aliphatic rings. The first kappa shape index (κ1) is 15.7. The fourth-order valence-electron chi connectivity index (χ4n) is 2.39. The number of carbonyl (C=O) groups is 1. The van der Waals surface area contributed by atoms with Crippen molar-refractivity contribution in [3.05, 3.63) is 35.9 Å². The number of nitrogens with zero attached hydrogens (tertiary/aromatic N) is 1. The van der Waals surface area contributed by atoms with Gasteiger partial charge in [0.15, 0.2) is 0 Å². The zero-order valence-electron chi connectivity index (χ0n) is 12.5. The average molecular weight is 262 g/mol. The van der Waals surface area contributed by atoms with Crippen molar-refractivity contribution in [2.24, 2.45) is 11.7 Å². The Morgan fingerprint density at radius 3 is 2.26 bits per heavy atom. The topological polar surface area (TPSA) is 46.3 Å². The van der Waals surface area contributed by atoms with Crippen LogP contribution in [0.15, 0.2) is 30.3 Å². The van der Waals surface area contributed by atoms with Crippen LogP contribution in [0.5, 0.6) is 0 Å². The molecule has 0 radical (unpaired) electrons. The summed E-state index contributed by atoms with van der Waals surface area (Å²) in [6, 6.07) is 10.4. The van der Waals surface area contributed by atoms with Gasteiger partial charge in [0.05, 0.1) is 6.04 Å². The number of carbonyl (C=O) groups excluding carboxylic acids is 1. The number of benzene rings is 1. The standard InChI is InChI=1S/C16H26N2O/c1-12(2)16(14-8-6-5-7-9-14)18(4)15(19)11-10-13(3)17/h5-9,12-13,16H,10-11,17H2,1-4H3. The fourth-order valence-corrected chi connectivity index (χ4v) is 2.39. The normalized spacial score (nSPS) is 14.2. The van der Waals surface area contributed by atoms with Crippen molar-refractivity contribution < 1.29 is 4.79 Å². The van der Waals surface area contributed by atoms with Gasteiger partial charge in [-0.3, -0.25) is 4.79 Å². The highest BCUT2D eigenvalue weighted by Crippen LogP contribution is 2.27. The minimum atomic E-state index is 0.0755. The van der Waals surface area contributed by atoms with Crippen LogP contribution in [0, 0.1) is 5.92 Å². The molecule has 1 amide bonds. The molecule has 0 aliphatic heterocycles. The zero-order valence-corrected chi connectivity index (χ0v) is 12.5. The second-order valence-electron chi connectivity index (χ2n) is 5.62. The largest absolute Gasteiger partial charge is 0.338 e. The van der Waals surface area contributed by atoms with Gasteiger partial charge in [0.25, 0.3) is 0 Å². The van der Waals surface area contributed by atoms with Crippen LogP contribution in [0.4, 0.5) is 0 Å². The summed E-state index contributed by atoms with van der Waals surface area (Å²) in [4.78, 5) is 14.1. The molecule has 0 saturated heterocycles. The molecular formula is C16H26N2O. The number of rotatable bonds is 6. The first-order valence-corrected chi connectivity index (χ1v) is 6.99. The molecule has 3 nitrogen and oxygen atoms in total. The molecule has 0 aromatic heterocycles. The smallest absolute Gasteiger partial charge is 0.222 e. The van der Waals surface area contributed by atoms with Gasteiger partial charge in [0, 0.05) is 19.5 Å². The van der Waals surface area contributed by atoms with Crippen molar-refractivity contribution in [3.8, 4) is 0 Å². The van der Waals surface area contributed by atoms with Crippen LogP contribution in [0.3, 0.4) is 0 Å². The second kappa shape index (κ2) is 7.29. The van der Waals surface area contributed by atoms with Gasteiger partial charge in [-0.2, -0.15) is 0 Å². The SMILES string of the molecule is CC(N)CCC(=O)N(C)C(c1ccccc1)C(C)C. The van der Waals surface area contributed by atoms with E-state index >= 15 is 0 Å². The molecule has 0 spiro atoms. The summed E-state index contributed by atoms with van der Waals surface area (Å²) in [6.07, 6.45) is 1.26. The minimum Gasteiger partial charge on any atom is -0.338 e. The van der Waals surface area contributed by atoms with Gasteiger partial charge < -0.3 is 10.6 Å². The van der Waals surface area contributed by atoms with Crippen LogP contribution in [-0.4, -0.2) is 23.9 Å². The maximum Gasteiger partial charge on any atom is 0.222 e. The van der Waals surface area contributed by atoms with E-state index in [0.29, 0.717) is 12.3 Å². The Morgan fingerprint density at radius 2 is 1.79 bits per heavy atom. The lowest BCUT2D eigenvalue weighted by atomic mass is 9.94. The van der Waals surface area contributed by atoms with Crippen LogP contribution in [0.2, 0.25) is 0 Å². The molecule has 106 valence electrons. The van der Waals surface area contributed by atoms with Gasteiger partial charge in [0.1, 0.15) is 0 Å². The molecule has 2 N–H and O–H groups in total. The van der Waals surface area contributed by atoms with Crippen molar-refractivity contribution in [2.45, 2.75) is 45.7 Å². The lowest BCUT2D eigenvalue weighted by Crippen LogP contribution is -2.34. The quantitative estimate of drug-likeness (QED) is 0.856. The van der Waals surface area contributed by atoms with E-state index in [2.05, 4.69) is 26.0 Å². The van der Waals surface area contributed by atoms with E-state index in [9.17, 15) is 4.79 Å². The molecule has 0 aliphatic carbocycles. The summed E-state index contributed by atoms with van der Waals surface area (Å²) < 4.78 is 0. The highest BCUT2D eigenvalue weighted by molar-refractivity contribution is 5.76. The third kappa shape index (κ3) is 4.67. The van der Waals surface area contributed by atoms with Crippen LogP contribution >= 0.6 is 0 Å². The van der Waals surface area contributed by atoms with Crippen molar-refractivity contribution in [1.29, 1.82) is 0 Å². The molecular weight excluding hydrogens is 236 g/mol. The van der Waals surface area contributed by atoms with Gasteiger partial charge >= 0.3 is 0 Å². The fraction of sp³-hybridized carbons (Fsp3) is 0.562.